The number of methoxy groups -OCH3 is 1. The van der Waals surface area contributed by atoms with Crippen LogP contribution in [0.15, 0.2) is 22.8 Å². The third-order valence-corrected chi connectivity index (χ3v) is 2.58. The summed E-state index contributed by atoms with van der Waals surface area (Å²) in [5.74, 6) is -0.125. The first kappa shape index (κ1) is 10.5. The van der Waals surface area contributed by atoms with Crippen LogP contribution in [0.2, 0.25) is 0 Å². The molecule has 0 aliphatic rings. The van der Waals surface area contributed by atoms with Gasteiger partial charge in [-0.1, -0.05) is 0 Å². The van der Waals surface area contributed by atoms with Crippen molar-refractivity contribution >= 4 is 16.9 Å². The van der Waals surface area contributed by atoms with E-state index < -0.39 is 5.97 Å². The number of ether oxygens (including phenoxy) is 1. The predicted octanol–water partition coefficient (Wildman–Crippen LogP) is 2.38. The van der Waals surface area contributed by atoms with Gasteiger partial charge in [0.25, 0.3) is 0 Å². The van der Waals surface area contributed by atoms with E-state index in [4.69, 9.17) is 14.3 Å². The minimum atomic E-state index is -0.865. The molecule has 0 radical (unpaired) electrons. The van der Waals surface area contributed by atoms with Gasteiger partial charge in [0.15, 0.2) is 0 Å². The Labute approximate surface area is 92.4 Å². The Morgan fingerprint density at radius 2 is 2.25 bits per heavy atom. The zero-order valence-corrected chi connectivity index (χ0v) is 9.11. The minimum absolute atomic E-state index is 0.0290. The molecule has 0 saturated carbocycles. The third-order valence-electron chi connectivity index (χ3n) is 2.58. The Balaban J connectivity index is 2.58. The van der Waals surface area contributed by atoms with Crippen molar-refractivity contribution in [2.24, 2.45) is 0 Å². The highest BCUT2D eigenvalue weighted by molar-refractivity contribution is 5.88. The van der Waals surface area contributed by atoms with Crippen molar-refractivity contribution in [1.82, 2.24) is 0 Å². The number of hydrogen-bond donors (Lipinski definition) is 1. The number of carboxylic acids is 1. The Morgan fingerprint density at radius 1 is 1.50 bits per heavy atom. The summed E-state index contributed by atoms with van der Waals surface area (Å²) in [5, 5.41) is 9.58. The molecule has 4 heteroatoms. The van der Waals surface area contributed by atoms with Crippen molar-refractivity contribution < 1.29 is 19.1 Å². The summed E-state index contributed by atoms with van der Waals surface area (Å²) in [7, 11) is 1.59. The van der Waals surface area contributed by atoms with Crippen molar-refractivity contribution in [3.05, 3.63) is 29.5 Å². The SMILES string of the molecule is COc1ccc2c(CC(=O)O)coc2c1C. The van der Waals surface area contributed by atoms with Crippen LogP contribution >= 0.6 is 0 Å². The van der Waals surface area contributed by atoms with Crippen molar-refractivity contribution in [1.29, 1.82) is 0 Å². The van der Waals surface area contributed by atoms with Crippen LogP contribution in [-0.2, 0) is 11.2 Å². The maximum atomic E-state index is 10.7. The molecule has 1 heterocycles. The van der Waals surface area contributed by atoms with Gasteiger partial charge < -0.3 is 14.3 Å². The van der Waals surface area contributed by atoms with Crippen LogP contribution in [0.1, 0.15) is 11.1 Å². The fourth-order valence-corrected chi connectivity index (χ4v) is 1.79. The number of furan rings is 1. The van der Waals surface area contributed by atoms with Crippen LogP contribution in [0, 0.1) is 6.92 Å². The quantitative estimate of drug-likeness (QED) is 0.862. The molecule has 0 unspecified atom stereocenters. The molecule has 16 heavy (non-hydrogen) atoms. The smallest absolute Gasteiger partial charge is 0.307 e. The van der Waals surface area contributed by atoms with E-state index in [9.17, 15) is 4.79 Å². The molecule has 84 valence electrons. The molecule has 2 rings (SSSR count). The second kappa shape index (κ2) is 3.89. The molecule has 0 aliphatic heterocycles. The van der Waals surface area contributed by atoms with Crippen molar-refractivity contribution in [3.8, 4) is 5.75 Å². The summed E-state index contributed by atoms with van der Waals surface area (Å²) in [6.07, 6.45) is 1.46. The number of aryl methyl sites for hydroxylation is 1. The molecule has 0 bridgehead atoms. The van der Waals surface area contributed by atoms with Gasteiger partial charge in [-0.3, -0.25) is 4.79 Å². The lowest BCUT2D eigenvalue weighted by atomic mass is 10.1. The van der Waals surface area contributed by atoms with E-state index in [0.29, 0.717) is 11.1 Å². The van der Waals surface area contributed by atoms with E-state index in [0.717, 1.165) is 16.7 Å². The Kier molecular flexibility index (Phi) is 2.56. The molecule has 0 spiro atoms. The van der Waals surface area contributed by atoms with Gasteiger partial charge >= 0.3 is 5.97 Å². The molecular weight excluding hydrogens is 208 g/mol. The molecule has 1 N–H and O–H groups in total. The number of benzene rings is 1. The fraction of sp³-hybridized carbons (Fsp3) is 0.250. The van der Waals surface area contributed by atoms with Crippen LogP contribution in [-0.4, -0.2) is 18.2 Å². The molecular formula is C12H12O4. The molecule has 0 atom stereocenters. The second-order valence-electron chi connectivity index (χ2n) is 3.60. The average molecular weight is 220 g/mol. The van der Waals surface area contributed by atoms with Crippen LogP contribution in [0.5, 0.6) is 5.75 Å². The molecule has 0 amide bonds. The summed E-state index contributed by atoms with van der Waals surface area (Å²) < 4.78 is 10.5. The van der Waals surface area contributed by atoms with Crippen LogP contribution in [0.4, 0.5) is 0 Å². The fourth-order valence-electron chi connectivity index (χ4n) is 1.79. The number of rotatable bonds is 3. The van der Waals surface area contributed by atoms with Crippen LogP contribution < -0.4 is 4.74 Å². The number of carbonyl (C=O) groups is 1. The normalized spacial score (nSPS) is 10.6. The predicted molar refractivity (Wildman–Crippen MR) is 58.8 cm³/mol. The maximum absolute atomic E-state index is 10.7. The number of aliphatic carboxylic acids is 1. The van der Waals surface area contributed by atoms with Crippen LogP contribution in [0.3, 0.4) is 0 Å². The summed E-state index contributed by atoms with van der Waals surface area (Å²) in [4.78, 5) is 10.7. The molecule has 0 fully saturated rings. The molecule has 0 saturated heterocycles. The van der Waals surface area contributed by atoms with E-state index in [1.54, 1.807) is 7.11 Å². The maximum Gasteiger partial charge on any atom is 0.307 e. The van der Waals surface area contributed by atoms with Crippen LogP contribution in [0.25, 0.3) is 11.0 Å². The first-order valence-electron chi connectivity index (χ1n) is 4.89. The molecule has 1 aromatic carbocycles. The molecule has 4 nitrogen and oxygen atoms in total. The number of carboxylic acid groups (broad SMARTS) is 1. The van der Waals surface area contributed by atoms with Gasteiger partial charge in [-0.15, -0.1) is 0 Å². The first-order valence-corrected chi connectivity index (χ1v) is 4.89. The Bertz CT molecular complexity index is 539. The Morgan fingerprint density at radius 3 is 2.88 bits per heavy atom. The lowest BCUT2D eigenvalue weighted by Crippen LogP contribution is -1.98. The Hall–Kier alpha value is -1.97. The topological polar surface area (TPSA) is 59.7 Å². The summed E-state index contributed by atoms with van der Waals surface area (Å²) >= 11 is 0. The molecule has 1 aromatic heterocycles. The lowest BCUT2D eigenvalue weighted by molar-refractivity contribution is -0.136. The van der Waals surface area contributed by atoms with Gasteiger partial charge in [0, 0.05) is 16.5 Å². The monoisotopic (exact) mass is 220 g/mol. The summed E-state index contributed by atoms with van der Waals surface area (Å²) in [6.45, 7) is 1.88. The summed E-state index contributed by atoms with van der Waals surface area (Å²) in [6, 6.07) is 3.64. The van der Waals surface area contributed by atoms with E-state index in [-0.39, 0.29) is 6.42 Å². The van der Waals surface area contributed by atoms with E-state index in [2.05, 4.69) is 0 Å². The zero-order chi connectivity index (χ0) is 11.7. The van der Waals surface area contributed by atoms with Crippen molar-refractivity contribution in [2.75, 3.05) is 7.11 Å². The zero-order valence-electron chi connectivity index (χ0n) is 9.11. The van der Waals surface area contributed by atoms with Gasteiger partial charge in [0.1, 0.15) is 11.3 Å². The van der Waals surface area contributed by atoms with Crippen molar-refractivity contribution in [3.63, 3.8) is 0 Å². The van der Waals surface area contributed by atoms with E-state index in [1.807, 2.05) is 19.1 Å². The molecule has 0 aliphatic carbocycles. The minimum Gasteiger partial charge on any atom is -0.496 e. The first-order chi connectivity index (χ1) is 7.63. The highest BCUT2D eigenvalue weighted by Crippen LogP contribution is 2.30. The average Bonchev–Trinajstić information content (AvgIpc) is 2.62. The van der Waals surface area contributed by atoms with Gasteiger partial charge in [0.2, 0.25) is 0 Å². The van der Waals surface area contributed by atoms with E-state index >= 15 is 0 Å². The number of hydrogen-bond acceptors (Lipinski definition) is 3. The summed E-state index contributed by atoms with van der Waals surface area (Å²) in [5.41, 5.74) is 2.26. The highest BCUT2D eigenvalue weighted by atomic mass is 16.5. The highest BCUT2D eigenvalue weighted by Gasteiger charge is 2.13. The van der Waals surface area contributed by atoms with E-state index in [1.165, 1.54) is 6.26 Å². The van der Waals surface area contributed by atoms with Gasteiger partial charge in [0.05, 0.1) is 19.8 Å². The molecule has 2 aromatic rings. The standard InChI is InChI=1S/C12H12O4/c1-7-10(15-2)4-3-9-8(5-11(13)14)6-16-12(7)9/h3-4,6H,5H2,1-2H3,(H,13,14). The number of fused-ring (bicyclic) bond motifs is 1. The third kappa shape index (κ3) is 1.62. The lowest BCUT2D eigenvalue weighted by Gasteiger charge is -2.04. The van der Waals surface area contributed by atoms with Gasteiger partial charge in [-0.25, -0.2) is 0 Å². The van der Waals surface area contributed by atoms with Gasteiger partial charge in [-0.2, -0.15) is 0 Å². The van der Waals surface area contributed by atoms with Crippen molar-refractivity contribution in [2.45, 2.75) is 13.3 Å². The largest absolute Gasteiger partial charge is 0.496 e. The van der Waals surface area contributed by atoms with Gasteiger partial charge in [-0.05, 0) is 19.1 Å². The second-order valence-corrected chi connectivity index (χ2v) is 3.60.